The molecule has 9 aromatic rings. The molecule has 2 aliphatic heterocycles. The van der Waals surface area contributed by atoms with E-state index in [0.29, 0.717) is 0 Å². The lowest BCUT2D eigenvalue weighted by atomic mass is 9.33. The van der Waals surface area contributed by atoms with Crippen molar-refractivity contribution in [2.45, 2.75) is 78.6 Å². The fraction of sp³-hybridized carbons (Fsp3) is 0.200. The number of rotatable bonds is 3. The van der Waals surface area contributed by atoms with Gasteiger partial charge in [-0.1, -0.05) is 152 Å². The van der Waals surface area contributed by atoms with Gasteiger partial charge in [-0.05, 0) is 145 Å². The first-order valence-electron chi connectivity index (χ1n) is 23.0. The Morgan fingerprint density at radius 2 is 1.11 bits per heavy atom. The van der Waals surface area contributed by atoms with Crippen molar-refractivity contribution >= 4 is 88.7 Å². The molecule has 0 N–H and O–H groups in total. The fourth-order valence-corrected chi connectivity index (χ4v) is 12.4. The van der Waals surface area contributed by atoms with Crippen LogP contribution in [0.15, 0.2) is 158 Å². The predicted octanol–water partition coefficient (Wildman–Crippen LogP) is 15.0. The number of thiophene rings is 1. The molecule has 312 valence electrons. The van der Waals surface area contributed by atoms with Crippen LogP contribution in [0.25, 0.3) is 42.4 Å². The molecule has 0 bridgehead atoms. The van der Waals surface area contributed by atoms with Gasteiger partial charge in [0.25, 0.3) is 6.71 Å². The summed E-state index contributed by atoms with van der Waals surface area (Å²) in [6, 6.07) is 60.8. The third-order valence-corrected chi connectivity index (χ3v) is 15.7. The van der Waals surface area contributed by atoms with E-state index in [1.165, 1.54) is 121 Å². The first kappa shape index (κ1) is 39.3. The van der Waals surface area contributed by atoms with Gasteiger partial charge in [-0.2, -0.15) is 0 Å². The molecule has 8 aromatic carbocycles. The van der Waals surface area contributed by atoms with E-state index in [4.69, 9.17) is 0 Å². The summed E-state index contributed by atoms with van der Waals surface area (Å²) < 4.78 is 2.66. The topological polar surface area (TPSA) is 6.48 Å². The van der Waals surface area contributed by atoms with E-state index in [9.17, 15) is 0 Å². The zero-order valence-electron chi connectivity index (χ0n) is 38.4. The molecule has 0 saturated carbocycles. The van der Waals surface area contributed by atoms with E-state index in [2.05, 4.69) is 230 Å². The van der Waals surface area contributed by atoms with Crippen molar-refractivity contribution < 1.29 is 0 Å². The molecule has 0 radical (unpaired) electrons. The van der Waals surface area contributed by atoms with Gasteiger partial charge >= 0.3 is 0 Å². The average Bonchev–Trinajstić information content (AvgIpc) is 3.77. The summed E-state index contributed by atoms with van der Waals surface area (Å²) in [4.78, 5) is 5.17. The minimum atomic E-state index is -0.115. The molecule has 1 aliphatic carbocycles. The van der Waals surface area contributed by atoms with Gasteiger partial charge in [-0.25, -0.2) is 0 Å². The number of nitrogens with zero attached hydrogens (tertiary/aromatic N) is 2. The van der Waals surface area contributed by atoms with Crippen LogP contribution in [0.2, 0.25) is 0 Å². The molecule has 2 nitrogen and oxygen atoms in total. The van der Waals surface area contributed by atoms with Crippen LogP contribution in [-0.2, 0) is 16.2 Å². The largest absolute Gasteiger partial charge is 0.311 e. The van der Waals surface area contributed by atoms with Crippen LogP contribution >= 0.6 is 11.3 Å². The van der Waals surface area contributed by atoms with Crippen LogP contribution in [0.5, 0.6) is 0 Å². The zero-order chi connectivity index (χ0) is 44.0. The Hall–Kier alpha value is -6.36. The summed E-state index contributed by atoms with van der Waals surface area (Å²) in [6.07, 6.45) is 0. The number of aryl methyl sites for hydroxylation is 1. The Morgan fingerprint density at radius 1 is 0.484 bits per heavy atom. The smallest absolute Gasteiger partial charge is 0.252 e. The lowest BCUT2D eigenvalue weighted by Gasteiger charge is -2.45. The highest BCUT2D eigenvalue weighted by molar-refractivity contribution is 7.26. The molecule has 4 heteroatoms. The van der Waals surface area contributed by atoms with Gasteiger partial charge in [-0.3, -0.25) is 0 Å². The molecule has 0 unspecified atom stereocenters. The molecule has 0 saturated heterocycles. The van der Waals surface area contributed by atoms with E-state index in [-0.39, 0.29) is 23.0 Å². The van der Waals surface area contributed by atoms with Crippen molar-refractivity contribution in [3.05, 3.63) is 186 Å². The first-order valence-corrected chi connectivity index (χ1v) is 23.8. The summed E-state index contributed by atoms with van der Waals surface area (Å²) in [7, 11) is 0. The van der Waals surface area contributed by atoms with Crippen molar-refractivity contribution in [3.63, 3.8) is 0 Å². The molecule has 0 amide bonds. The fourth-order valence-electron chi connectivity index (χ4n) is 11.3. The van der Waals surface area contributed by atoms with E-state index in [1.807, 2.05) is 11.3 Å². The Balaban J connectivity index is 1.09. The molecule has 12 rings (SSSR count). The first-order chi connectivity index (χ1) is 30.7. The van der Waals surface area contributed by atoms with Gasteiger partial charge in [0.1, 0.15) is 0 Å². The standard InChI is InChI=1S/C60H53BN2S/c1-36-31-52-57-53(32-36)63(41-27-28-44-43-15-10-12-18-46(43)60(8,9)47(44)35-41)51-34-39(59(5,6)7)23-29-48(51)61(57)49-33-38(58(2,3)4)24-30-50(49)62(52)40-25-21-37(22-26-40)42-17-14-20-55-56(42)45-16-11-13-19-54(45)64-55/h10-35H,1-9H3. The zero-order valence-corrected chi connectivity index (χ0v) is 39.2. The number of fused-ring (bicyclic) bond motifs is 10. The second-order valence-electron chi connectivity index (χ2n) is 21.1. The summed E-state index contributed by atoms with van der Waals surface area (Å²) in [5.74, 6) is 0. The van der Waals surface area contributed by atoms with Gasteiger partial charge in [0.2, 0.25) is 0 Å². The highest BCUT2D eigenvalue weighted by atomic mass is 32.1. The Bertz CT molecular complexity index is 3410. The number of anilines is 6. The lowest BCUT2D eigenvalue weighted by Crippen LogP contribution is -2.61. The maximum atomic E-state index is 2.61. The van der Waals surface area contributed by atoms with Gasteiger partial charge in [0, 0.05) is 59.7 Å². The van der Waals surface area contributed by atoms with Crippen molar-refractivity contribution in [1.29, 1.82) is 0 Å². The number of benzene rings is 8. The average molecular weight is 845 g/mol. The lowest BCUT2D eigenvalue weighted by molar-refractivity contribution is 0.590. The van der Waals surface area contributed by atoms with Crippen molar-refractivity contribution in [2.24, 2.45) is 0 Å². The molecule has 3 aliphatic rings. The van der Waals surface area contributed by atoms with Gasteiger partial charge < -0.3 is 9.80 Å². The molecular formula is C60H53BN2S. The maximum absolute atomic E-state index is 2.61. The molecule has 0 atom stereocenters. The van der Waals surface area contributed by atoms with Gasteiger partial charge in [-0.15, -0.1) is 11.3 Å². The second-order valence-corrected chi connectivity index (χ2v) is 22.2. The normalized spacial score (nSPS) is 14.7. The van der Waals surface area contributed by atoms with Gasteiger partial charge in [0.05, 0.1) is 0 Å². The Kier molecular flexibility index (Phi) is 8.33. The maximum Gasteiger partial charge on any atom is 0.252 e. The summed E-state index contributed by atoms with van der Waals surface area (Å²) in [5.41, 5.74) is 23.3. The van der Waals surface area contributed by atoms with Crippen LogP contribution in [-0.4, -0.2) is 6.71 Å². The van der Waals surface area contributed by atoms with Crippen LogP contribution in [0.3, 0.4) is 0 Å². The third-order valence-electron chi connectivity index (χ3n) is 14.6. The summed E-state index contributed by atoms with van der Waals surface area (Å²) in [5, 5.41) is 2.67. The molecule has 3 heterocycles. The van der Waals surface area contributed by atoms with Crippen LogP contribution in [0.4, 0.5) is 34.1 Å². The van der Waals surface area contributed by atoms with E-state index in [0.717, 1.165) is 0 Å². The minimum Gasteiger partial charge on any atom is -0.311 e. The third kappa shape index (κ3) is 5.71. The summed E-state index contributed by atoms with van der Waals surface area (Å²) >= 11 is 1.88. The van der Waals surface area contributed by atoms with Crippen molar-refractivity contribution in [3.8, 4) is 22.3 Å². The number of hydrogen-bond acceptors (Lipinski definition) is 3. The SMILES string of the molecule is Cc1cc2c3c(c1)N(c1ccc4c(c1)C(C)(C)c1ccccc1-4)c1cc(C(C)(C)C)ccc1B3c1cc(C(C)(C)C)ccc1N2c1ccc(-c2cccc3sc4ccccc4c23)cc1. The minimum absolute atomic E-state index is 0.0147. The highest BCUT2D eigenvalue weighted by Crippen LogP contribution is 2.52. The Morgan fingerprint density at radius 3 is 1.88 bits per heavy atom. The monoisotopic (exact) mass is 844 g/mol. The van der Waals surface area contributed by atoms with Crippen molar-refractivity contribution in [1.82, 2.24) is 0 Å². The van der Waals surface area contributed by atoms with Gasteiger partial charge in [0.15, 0.2) is 0 Å². The molecule has 64 heavy (non-hydrogen) atoms. The highest BCUT2D eigenvalue weighted by Gasteiger charge is 2.45. The summed E-state index contributed by atoms with van der Waals surface area (Å²) in [6.45, 7) is 21.2. The molecular weight excluding hydrogens is 792 g/mol. The van der Waals surface area contributed by atoms with Crippen LogP contribution in [0, 0.1) is 6.92 Å². The quantitative estimate of drug-likeness (QED) is 0.164. The molecule has 0 spiro atoms. The predicted molar refractivity (Wildman–Crippen MR) is 278 cm³/mol. The van der Waals surface area contributed by atoms with E-state index in [1.54, 1.807) is 0 Å². The van der Waals surface area contributed by atoms with Crippen molar-refractivity contribution in [2.75, 3.05) is 9.80 Å². The number of hydrogen-bond donors (Lipinski definition) is 0. The van der Waals surface area contributed by atoms with Crippen LogP contribution < -0.4 is 26.2 Å². The van der Waals surface area contributed by atoms with E-state index < -0.39 is 0 Å². The second kappa shape index (κ2) is 13.6. The Labute approximate surface area is 382 Å². The molecule has 1 aromatic heterocycles. The molecule has 0 fully saturated rings. The van der Waals surface area contributed by atoms with Crippen LogP contribution in [0.1, 0.15) is 83.2 Å². The van der Waals surface area contributed by atoms with E-state index >= 15 is 0 Å².